The summed E-state index contributed by atoms with van der Waals surface area (Å²) in [6.45, 7) is 6.44. The fourth-order valence-corrected chi connectivity index (χ4v) is 3.17. The number of carbonyl (C=O) groups is 1. The Hall–Kier alpha value is -1.55. The summed E-state index contributed by atoms with van der Waals surface area (Å²) in [5.41, 5.74) is 2.92. The molecule has 0 saturated carbocycles. The molecule has 1 aromatic rings. The van der Waals surface area contributed by atoms with Gasteiger partial charge in [0.05, 0.1) is 12.2 Å². The third-order valence-electron chi connectivity index (χ3n) is 4.17. The molecule has 2 bridgehead atoms. The van der Waals surface area contributed by atoms with E-state index in [-0.39, 0.29) is 18.1 Å². The minimum atomic E-state index is 0.144. The number of hydrogen-bond donors (Lipinski definition) is 1. The summed E-state index contributed by atoms with van der Waals surface area (Å²) < 4.78 is 5.79. The monoisotopic (exact) mass is 274 g/mol. The highest BCUT2D eigenvalue weighted by Gasteiger charge is 2.36. The number of nitrogens with one attached hydrogen (secondary N) is 1. The van der Waals surface area contributed by atoms with Crippen LogP contribution in [0.1, 0.15) is 35.7 Å². The van der Waals surface area contributed by atoms with Crippen molar-refractivity contribution in [3.05, 3.63) is 29.3 Å². The topological polar surface area (TPSA) is 41.6 Å². The molecule has 0 aliphatic carbocycles. The maximum Gasteiger partial charge on any atom is 0.254 e. The van der Waals surface area contributed by atoms with E-state index in [1.165, 1.54) is 0 Å². The second-order valence-electron chi connectivity index (χ2n) is 5.73. The standard InChI is InChI=1S/C16H22N2O2/c1-3-17-12-4-7-15(11(2)8-12)16(19)18-9-13-5-6-14(10-18)20-13/h4,7-8,13-14,17H,3,5-6,9-10H2,1-2H3. The number of benzene rings is 1. The molecule has 2 saturated heterocycles. The van der Waals surface area contributed by atoms with Gasteiger partial charge in [-0.05, 0) is 50.5 Å². The average Bonchev–Trinajstić information content (AvgIpc) is 2.77. The molecule has 0 aromatic heterocycles. The first-order valence-corrected chi connectivity index (χ1v) is 7.46. The molecule has 108 valence electrons. The van der Waals surface area contributed by atoms with Crippen LogP contribution in [0.5, 0.6) is 0 Å². The normalized spacial score (nSPS) is 24.8. The summed E-state index contributed by atoms with van der Waals surface area (Å²) in [4.78, 5) is 14.6. The van der Waals surface area contributed by atoms with Crippen molar-refractivity contribution >= 4 is 11.6 Å². The first-order valence-electron chi connectivity index (χ1n) is 7.46. The van der Waals surface area contributed by atoms with Crippen molar-refractivity contribution < 1.29 is 9.53 Å². The molecule has 3 rings (SSSR count). The first kappa shape index (κ1) is 13.4. The molecule has 2 unspecified atom stereocenters. The smallest absolute Gasteiger partial charge is 0.254 e. The van der Waals surface area contributed by atoms with E-state index < -0.39 is 0 Å². The molecule has 4 heteroatoms. The maximum absolute atomic E-state index is 12.7. The van der Waals surface area contributed by atoms with Crippen LogP contribution in [0.4, 0.5) is 5.69 Å². The summed E-state index contributed by atoms with van der Waals surface area (Å²) in [5.74, 6) is 0.144. The molecule has 0 radical (unpaired) electrons. The van der Waals surface area contributed by atoms with Gasteiger partial charge in [0.1, 0.15) is 0 Å². The number of anilines is 1. The predicted molar refractivity (Wildman–Crippen MR) is 79.1 cm³/mol. The quantitative estimate of drug-likeness (QED) is 0.920. The predicted octanol–water partition coefficient (Wildman–Crippen LogP) is 2.43. The maximum atomic E-state index is 12.7. The SMILES string of the molecule is CCNc1ccc(C(=O)N2CC3CCC(C2)O3)c(C)c1. The van der Waals surface area contributed by atoms with Crippen LogP contribution >= 0.6 is 0 Å². The number of morpholine rings is 1. The van der Waals surface area contributed by atoms with E-state index in [9.17, 15) is 4.79 Å². The number of fused-ring (bicyclic) bond motifs is 2. The Morgan fingerprint density at radius 2 is 2.05 bits per heavy atom. The largest absolute Gasteiger partial charge is 0.385 e. The lowest BCUT2D eigenvalue weighted by Crippen LogP contribution is -2.46. The van der Waals surface area contributed by atoms with Crippen molar-refractivity contribution in [1.29, 1.82) is 0 Å². The fraction of sp³-hybridized carbons (Fsp3) is 0.562. The molecule has 2 fully saturated rings. The van der Waals surface area contributed by atoms with Gasteiger partial charge in [-0.3, -0.25) is 4.79 Å². The number of rotatable bonds is 3. The Labute approximate surface area is 120 Å². The summed E-state index contributed by atoms with van der Waals surface area (Å²) in [6, 6.07) is 5.97. The van der Waals surface area contributed by atoms with Gasteiger partial charge in [-0.1, -0.05) is 0 Å². The fourth-order valence-electron chi connectivity index (χ4n) is 3.17. The van der Waals surface area contributed by atoms with Gasteiger partial charge in [-0.2, -0.15) is 0 Å². The van der Waals surface area contributed by atoms with Crippen LogP contribution in [0.3, 0.4) is 0 Å². The van der Waals surface area contributed by atoms with E-state index in [2.05, 4.69) is 12.2 Å². The number of amides is 1. The molecule has 2 aliphatic heterocycles. The molecule has 20 heavy (non-hydrogen) atoms. The van der Waals surface area contributed by atoms with Gasteiger partial charge in [0.15, 0.2) is 0 Å². The number of aryl methyl sites for hydroxylation is 1. The third-order valence-corrected chi connectivity index (χ3v) is 4.17. The highest BCUT2D eigenvalue weighted by molar-refractivity contribution is 5.96. The lowest BCUT2D eigenvalue weighted by molar-refractivity contribution is -0.0303. The zero-order valence-electron chi connectivity index (χ0n) is 12.2. The van der Waals surface area contributed by atoms with Crippen LogP contribution in [0, 0.1) is 6.92 Å². The van der Waals surface area contributed by atoms with E-state index in [0.717, 1.165) is 49.3 Å². The van der Waals surface area contributed by atoms with Gasteiger partial charge in [0, 0.05) is 30.9 Å². The molecule has 1 amide bonds. The second-order valence-corrected chi connectivity index (χ2v) is 5.73. The summed E-state index contributed by atoms with van der Waals surface area (Å²) >= 11 is 0. The van der Waals surface area contributed by atoms with Crippen LogP contribution in [0.25, 0.3) is 0 Å². The Bertz CT molecular complexity index is 503. The van der Waals surface area contributed by atoms with E-state index in [0.29, 0.717) is 0 Å². The third kappa shape index (κ3) is 2.52. The van der Waals surface area contributed by atoms with E-state index in [1.54, 1.807) is 0 Å². The second kappa shape index (κ2) is 5.44. The van der Waals surface area contributed by atoms with Gasteiger partial charge in [0.25, 0.3) is 5.91 Å². The minimum Gasteiger partial charge on any atom is -0.385 e. The number of carbonyl (C=O) groups excluding carboxylic acids is 1. The highest BCUT2D eigenvalue weighted by Crippen LogP contribution is 2.28. The highest BCUT2D eigenvalue weighted by atomic mass is 16.5. The number of nitrogens with zero attached hydrogens (tertiary/aromatic N) is 1. The van der Waals surface area contributed by atoms with Gasteiger partial charge in [0.2, 0.25) is 0 Å². The van der Waals surface area contributed by atoms with Crippen LogP contribution in [0.2, 0.25) is 0 Å². The number of likely N-dealkylation sites (tertiary alicyclic amines) is 1. The summed E-state index contributed by atoms with van der Waals surface area (Å²) in [5, 5.41) is 3.27. The van der Waals surface area contributed by atoms with Crippen molar-refractivity contribution in [2.24, 2.45) is 0 Å². The lowest BCUT2D eigenvalue weighted by Gasteiger charge is -2.32. The molecule has 4 nitrogen and oxygen atoms in total. The molecule has 2 heterocycles. The molecule has 1 aromatic carbocycles. The zero-order chi connectivity index (χ0) is 14.1. The Kier molecular flexibility index (Phi) is 3.66. The molecular formula is C16H22N2O2. The molecule has 1 N–H and O–H groups in total. The van der Waals surface area contributed by atoms with E-state index in [1.807, 2.05) is 30.0 Å². The van der Waals surface area contributed by atoms with Gasteiger partial charge < -0.3 is 15.0 Å². The number of hydrogen-bond acceptors (Lipinski definition) is 3. The minimum absolute atomic E-state index is 0.144. The molecule has 2 aliphatic rings. The van der Waals surface area contributed by atoms with E-state index >= 15 is 0 Å². The van der Waals surface area contributed by atoms with Crippen molar-refractivity contribution in [2.45, 2.75) is 38.9 Å². The van der Waals surface area contributed by atoms with E-state index in [4.69, 9.17) is 4.74 Å². The number of ether oxygens (including phenoxy) is 1. The van der Waals surface area contributed by atoms with Gasteiger partial charge >= 0.3 is 0 Å². The van der Waals surface area contributed by atoms with Crippen LogP contribution in [0.15, 0.2) is 18.2 Å². The van der Waals surface area contributed by atoms with Crippen molar-refractivity contribution in [3.8, 4) is 0 Å². The van der Waals surface area contributed by atoms with Crippen LogP contribution < -0.4 is 5.32 Å². The Balaban J connectivity index is 1.76. The summed E-state index contributed by atoms with van der Waals surface area (Å²) in [7, 11) is 0. The van der Waals surface area contributed by atoms with Crippen LogP contribution in [-0.2, 0) is 4.74 Å². The Morgan fingerprint density at radius 1 is 1.35 bits per heavy atom. The Morgan fingerprint density at radius 3 is 2.65 bits per heavy atom. The average molecular weight is 274 g/mol. The van der Waals surface area contributed by atoms with Gasteiger partial charge in [-0.15, -0.1) is 0 Å². The molecule has 2 atom stereocenters. The first-order chi connectivity index (χ1) is 9.67. The van der Waals surface area contributed by atoms with Crippen LogP contribution in [-0.4, -0.2) is 42.6 Å². The zero-order valence-corrected chi connectivity index (χ0v) is 12.2. The van der Waals surface area contributed by atoms with Crippen molar-refractivity contribution in [3.63, 3.8) is 0 Å². The lowest BCUT2D eigenvalue weighted by atomic mass is 10.1. The van der Waals surface area contributed by atoms with Gasteiger partial charge in [-0.25, -0.2) is 0 Å². The van der Waals surface area contributed by atoms with Crippen molar-refractivity contribution in [2.75, 3.05) is 25.0 Å². The van der Waals surface area contributed by atoms with Crippen molar-refractivity contribution in [1.82, 2.24) is 4.90 Å². The molecule has 0 spiro atoms. The summed E-state index contributed by atoms with van der Waals surface area (Å²) in [6.07, 6.45) is 2.68. The molecular weight excluding hydrogens is 252 g/mol.